The molecule has 6 heteroatoms. The lowest BCUT2D eigenvalue weighted by molar-refractivity contribution is 0.0922. The fourth-order valence-electron chi connectivity index (χ4n) is 2.75. The van der Waals surface area contributed by atoms with Crippen molar-refractivity contribution in [1.29, 1.82) is 0 Å². The van der Waals surface area contributed by atoms with E-state index in [2.05, 4.69) is 32.7 Å². The van der Waals surface area contributed by atoms with Crippen LogP contribution in [0.15, 0.2) is 12.3 Å². The minimum Gasteiger partial charge on any atom is -0.351 e. The largest absolute Gasteiger partial charge is 0.351 e. The first kappa shape index (κ1) is 14.0. The van der Waals surface area contributed by atoms with Crippen molar-refractivity contribution in [2.24, 2.45) is 5.41 Å². The third-order valence-corrected chi connectivity index (χ3v) is 4.35. The third kappa shape index (κ3) is 2.90. The lowest BCUT2D eigenvalue weighted by Gasteiger charge is -2.34. The quantitative estimate of drug-likeness (QED) is 0.796. The fraction of sp³-hybridized carbons (Fsp3) is 0.533. The minimum atomic E-state index is -0.0650. The first-order valence-electron chi connectivity index (χ1n) is 7.37. The Kier molecular flexibility index (Phi) is 3.63. The van der Waals surface area contributed by atoms with Crippen molar-refractivity contribution in [2.45, 2.75) is 26.7 Å². The monoisotopic (exact) mass is 287 g/mol. The number of fused-ring (bicyclic) bond motifs is 1. The Morgan fingerprint density at radius 3 is 2.95 bits per heavy atom. The molecule has 1 aliphatic rings. The molecule has 0 spiro atoms. The molecule has 0 aliphatic carbocycles. The van der Waals surface area contributed by atoms with Crippen LogP contribution >= 0.6 is 0 Å². The number of aryl methyl sites for hydroxylation is 1. The Morgan fingerprint density at radius 1 is 1.43 bits per heavy atom. The van der Waals surface area contributed by atoms with E-state index in [9.17, 15) is 4.79 Å². The van der Waals surface area contributed by atoms with Gasteiger partial charge in [0.1, 0.15) is 0 Å². The highest BCUT2D eigenvalue weighted by Crippen LogP contribution is 2.26. The second-order valence-corrected chi connectivity index (χ2v) is 6.19. The molecule has 6 nitrogen and oxygen atoms in total. The summed E-state index contributed by atoms with van der Waals surface area (Å²) in [6, 6.07) is 1.85. The van der Waals surface area contributed by atoms with Crippen LogP contribution in [0.1, 0.15) is 35.8 Å². The van der Waals surface area contributed by atoms with Gasteiger partial charge >= 0.3 is 0 Å². The molecule has 21 heavy (non-hydrogen) atoms. The molecule has 0 radical (unpaired) electrons. The van der Waals surface area contributed by atoms with Gasteiger partial charge in [-0.25, -0.2) is 4.98 Å². The lowest BCUT2D eigenvalue weighted by Crippen LogP contribution is -2.42. The summed E-state index contributed by atoms with van der Waals surface area (Å²) >= 11 is 0. The highest BCUT2D eigenvalue weighted by atomic mass is 16.1. The van der Waals surface area contributed by atoms with Gasteiger partial charge in [0.05, 0.1) is 5.56 Å². The molecule has 1 saturated heterocycles. The van der Waals surface area contributed by atoms with Crippen molar-refractivity contribution < 1.29 is 4.79 Å². The number of carbonyl (C=O) groups is 1. The molecule has 0 bridgehead atoms. The van der Waals surface area contributed by atoms with E-state index in [1.165, 1.54) is 0 Å². The van der Waals surface area contributed by atoms with Crippen molar-refractivity contribution >= 4 is 16.9 Å². The number of pyridine rings is 1. The highest BCUT2D eigenvalue weighted by molar-refractivity contribution is 5.97. The first-order chi connectivity index (χ1) is 10.1. The Bertz CT molecular complexity index is 657. The van der Waals surface area contributed by atoms with Crippen LogP contribution in [0.4, 0.5) is 0 Å². The smallest absolute Gasteiger partial charge is 0.252 e. The van der Waals surface area contributed by atoms with Gasteiger partial charge in [0, 0.05) is 23.8 Å². The van der Waals surface area contributed by atoms with Crippen LogP contribution in [0.25, 0.3) is 11.0 Å². The second-order valence-electron chi connectivity index (χ2n) is 6.19. The zero-order valence-electron chi connectivity index (χ0n) is 12.5. The summed E-state index contributed by atoms with van der Waals surface area (Å²) in [5, 5.41) is 14.3. The van der Waals surface area contributed by atoms with E-state index in [1.54, 1.807) is 6.20 Å². The fourth-order valence-corrected chi connectivity index (χ4v) is 2.75. The SMILES string of the molecule is Cc1[nH]nc2ncc(C(=O)NCC3(C)CCNCC3)cc12. The number of hydrogen-bond donors (Lipinski definition) is 3. The Hall–Kier alpha value is -1.95. The summed E-state index contributed by atoms with van der Waals surface area (Å²) in [6.07, 6.45) is 3.76. The number of carbonyl (C=O) groups excluding carboxylic acids is 1. The van der Waals surface area contributed by atoms with Gasteiger partial charge in [-0.1, -0.05) is 6.92 Å². The molecule has 2 aromatic heterocycles. The Morgan fingerprint density at radius 2 is 2.19 bits per heavy atom. The third-order valence-electron chi connectivity index (χ3n) is 4.35. The molecule has 3 N–H and O–H groups in total. The van der Waals surface area contributed by atoms with Crippen LogP contribution in [-0.2, 0) is 0 Å². The molecule has 0 atom stereocenters. The van der Waals surface area contributed by atoms with Gasteiger partial charge in [0.25, 0.3) is 5.91 Å². The van der Waals surface area contributed by atoms with E-state index in [0.717, 1.165) is 37.0 Å². The minimum absolute atomic E-state index is 0.0650. The number of hydrogen-bond acceptors (Lipinski definition) is 4. The maximum absolute atomic E-state index is 12.3. The van der Waals surface area contributed by atoms with Gasteiger partial charge in [0.15, 0.2) is 5.65 Å². The standard InChI is InChI=1S/C15H21N5O/c1-10-12-7-11(8-17-13(12)20-19-10)14(21)18-9-15(2)3-5-16-6-4-15/h7-8,16H,3-6,9H2,1-2H3,(H,18,21)(H,17,19,20). The van der Waals surface area contributed by atoms with Crippen molar-refractivity contribution in [3.8, 4) is 0 Å². The summed E-state index contributed by atoms with van der Waals surface area (Å²) < 4.78 is 0. The van der Waals surface area contributed by atoms with E-state index in [1.807, 2.05) is 13.0 Å². The van der Waals surface area contributed by atoms with Crippen LogP contribution in [0, 0.1) is 12.3 Å². The number of amides is 1. The second kappa shape index (κ2) is 5.44. The molecule has 1 aliphatic heterocycles. The van der Waals surface area contributed by atoms with Crippen LogP contribution in [0.2, 0.25) is 0 Å². The highest BCUT2D eigenvalue weighted by Gasteiger charge is 2.27. The van der Waals surface area contributed by atoms with Crippen LogP contribution in [0.5, 0.6) is 0 Å². The molecule has 1 fully saturated rings. The molecule has 3 rings (SSSR count). The van der Waals surface area contributed by atoms with Crippen molar-refractivity contribution in [3.63, 3.8) is 0 Å². The normalized spacial score (nSPS) is 17.8. The van der Waals surface area contributed by atoms with Crippen LogP contribution in [0.3, 0.4) is 0 Å². The maximum atomic E-state index is 12.3. The van der Waals surface area contributed by atoms with Crippen LogP contribution < -0.4 is 10.6 Å². The van der Waals surface area contributed by atoms with Gasteiger partial charge in [-0.05, 0) is 44.3 Å². The number of piperidine rings is 1. The number of nitrogens with one attached hydrogen (secondary N) is 3. The average molecular weight is 287 g/mol. The Balaban J connectivity index is 1.70. The van der Waals surface area contributed by atoms with Gasteiger partial charge in [0.2, 0.25) is 0 Å². The molecule has 112 valence electrons. The van der Waals surface area contributed by atoms with Gasteiger partial charge < -0.3 is 10.6 Å². The molecular formula is C15H21N5O. The summed E-state index contributed by atoms with van der Waals surface area (Å²) in [6.45, 7) is 6.91. The van der Waals surface area contributed by atoms with Crippen molar-refractivity contribution in [1.82, 2.24) is 25.8 Å². The average Bonchev–Trinajstić information content (AvgIpc) is 2.87. The molecule has 3 heterocycles. The van der Waals surface area contributed by atoms with Crippen molar-refractivity contribution in [2.75, 3.05) is 19.6 Å². The van der Waals surface area contributed by atoms with E-state index in [0.29, 0.717) is 17.8 Å². The Labute approximate surface area is 123 Å². The summed E-state index contributed by atoms with van der Waals surface area (Å²) in [5.74, 6) is -0.0650. The lowest BCUT2D eigenvalue weighted by atomic mass is 9.81. The number of aromatic nitrogens is 3. The number of H-pyrrole nitrogens is 1. The van der Waals surface area contributed by atoms with Gasteiger partial charge in [-0.15, -0.1) is 0 Å². The first-order valence-corrected chi connectivity index (χ1v) is 7.37. The summed E-state index contributed by atoms with van der Waals surface area (Å²) in [7, 11) is 0. The molecule has 2 aromatic rings. The summed E-state index contributed by atoms with van der Waals surface area (Å²) in [4.78, 5) is 16.5. The predicted molar refractivity (Wildman–Crippen MR) is 81.2 cm³/mol. The van der Waals surface area contributed by atoms with Crippen LogP contribution in [-0.4, -0.2) is 40.7 Å². The van der Waals surface area contributed by atoms with Gasteiger partial charge in [-0.2, -0.15) is 5.10 Å². The molecular weight excluding hydrogens is 266 g/mol. The number of aromatic amines is 1. The molecule has 0 unspecified atom stereocenters. The zero-order valence-corrected chi connectivity index (χ0v) is 12.5. The number of nitrogens with zero attached hydrogens (tertiary/aromatic N) is 2. The number of rotatable bonds is 3. The predicted octanol–water partition coefficient (Wildman–Crippen LogP) is 1.39. The van der Waals surface area contributed by atoms with E-state index in [4.69, 9.17) is 0 Å². The zero-order chi connectivity index (χ0) is 14.9. The molecule has 0 saturated carbocycles. The van der Waals surface area contributed by atoms with E-state index in [-0.39, 0.29) is 11.3 Å². The van der Waals surface area contributed by atoms with Gasteiger partial charge in [-0.3, -0.25) is 9.89 Å². The van der Waals surface area contributed by atoms with E-state index < -0.39 is 0 Å². The summed E-state index contributed by atoms with van der Waals surface area (Å²) in [5.41, 5.74) is 2.35. The molecule has 1 amide bonds. The topological polar surface area (TPSA) is 82.7 Å². The molecule has 0 aromatic carbocycles. The maximum Gasteiger partial charge on any atom is 0.252 e. The van der Waals surface area contributed by atoms with E-state index >= 15 is 0 Å². The van der Waals surface area contributed by atoms with Crippen molar-refractivity contribution in [3.05, 3.63) is 23.5 Å².